The maximum Gasteiger partial charge on any atom is 0.209 e. The molecule has 0 bridgehead atoms. The monoisotopic (exact) mass is 247 g/mol. The third-order valence-corrected chi connectivity index (χ3v) is 3.14. The van der Waals surface area contributed by atoms with Gasteiger partial charge < -0.3 is 14.9 Å². The standard InChI is InChI=1S/C13H17N3O2/c1-9-7-16(4-5-17-9)8-13-15-11-3-2-10(14)6-12(11)18-13/h2-3,6,9H,4-5,7-8,14H2,1H3. The first-order chi connectivity index (χ1) is 8.70. The minimum atomic E-state index is 0.277. The van der Waals surface area contributed by atoms with Crippen LogP contribution in [0.2, 0.25) is 0 Å². The number of oxazole rings is 1. The lowest BCUT2D eigenvalue weighted by Gasteiger charge is -2.29. The van der Waals surface area contributed by atoms with Gasteiger partial charge in [0.2, 0.25) is 5.89 Å². The van der Waals surface area contributed by atoms with E-state index in [1.54, 1.807) is 0 Å². The van der Waals surface area contributed by atoms with Crippen molar-refractivity contribution < 1.29 is 9.15 Å². The molecule has 1 aliphatic rings. The Morgan fingerprint density at radius 3 is 3.22 bits per heavy atom. The van der Waals surface area contributed by atoms with Crippen LogP contribution >= 0.6 is 0 Å². The third kappa shape index (κ3) is 2.32. The molecule has 18 heavy (non-hydrogen) atoms. The van der Waals surface area contributed by atoms with Gasteiger partial charge in [0, 0.05) is 24.8 Å². The Balaban J connectivity index is 1.78. The zero-order chi connectivity index (χ0) is 12.5. The van der Waals surface area contributed by atoms with Gasteiger partial charge in [-0.25, -0.2) is 4.98 Å². The molecule has 5 nitrogen and oxygen atoms in total. The molecule has 0 amide bonds. The molecule has 1 aliphatic heterocycles. The van der Waals surface area contributed by atoms with Crippen molar-refractivity contribution in [3.05, 3.63) is 24.1 Å². The van der Waals surface area contributed by atoms with Gasteiger partial charge in [-0.05, 0) is 19.1 Å². The van der Waals surface area contributed by atoms with E-state index in [0.29, 0.717) is 5.69 Å². The van der Waals surface area contributed by atoms with Crippen LogP contribution in [0, 0.1) is 0 Å². The number of anilines is 1. The van der Waals surface area contributed by atoms with E-state index in [0.717, 1.165) is 43.2 Å². The van der Waals surface area contributed by atoms with Crippen LogP contribution in [0.4, 0.5) is 5.69 Å². The maximum atomic E-state index is 5.72. The Labute approximate surface area is 106 Å². The lowest BCUT2D eigenvalue weighted by Crippen LogP contribution is -2.40. The molecule has 5 heteroatoms. The molecule has 0 radical (unpaired) electrons. The van der Waals surface area contributed by atoms with Crippen LogP contribution in [0.5, 0.6) is 0 Å². The van der Waals surface area contributed by atoms with Gasteiger partial charge in [-0.1, -0.05) is 0 Å². The molecule has 1 atom stereocenters. The van der Waals surface area contributed by atoms with Gasteiger partial charge in [-0.2, -0.15) is 0 Å². The van der Waals surface area contributed by atoms with E-state index < -0.39 is 0 Å². The van der Waals surface area contributed by atoms with Crippen molar-refractivity contribution in [1.29, 1.82) is 0 Å². The molecule has 1 aromatic carbocycles. The topological polar surface area (TPSA) is 64.5 Å². The molecule has 0 saturated carbocycles. The van der Waals surface area contributed by atoms with E-state index in [4.69, 9.17) is 14.9 Å². The lowest BCUT2D eigenvalue weighted by molar-refractivity contribution is -0.0234. The van der Waals surface area contributed by atoms with Gasteiger partial charge in [0.1, 0.15) is 5.52 Å². The molecule has 0 aliphatic carbocycles. The number of hydrogen-bond donors (Lipinski definition) is 1. The summed E-state index contributed by atoms with van der Waals surface area (Å²) in [6.45, 7) is 5.42. The molecule has 3 rings (SSSR count). The number of fused-ring (bicyclic) bond motifs is 1. The average molecular weight is 247 g/mol. The van der Waals surface area contributed by atoms with Crippen molar-refractivity contribution >= 4 is 16.8 Å². The number of morpholine rings is 1. The first kappa shape index (κ1) is 11.5. The summed E-state index contributed by atoms with van der Waals surface area (Å²) in [6.07, 6.45) is 0.277. The number of aromatic nitrogens is 1. The van der Waals surface area contributed by atoms with Crippen LogP contribution in [0.25, 0.3) is 11.1 Å². The Morgan fingerprint density at radius 1 is 1.50 bits per heavy atom. The maximum absolute atomic E-state index is 5.72. The summed E-state index contributed by atoms with van der Waals surface area (Å²) in [6, 6.07) is 5.54. The second kappa shape index (κ2) is 4.59. The van der Waals surface area contributed by atoms with Gasteiger partial charge in [0.25, 0.3) is 0 Å². The van der Waals surface area contributed by atoms with Crippen LogP contribution in [0.3, 0.4) is 0 Å². The highest BCUT2D eigenvalue weighted by Crippen LogP contribution is 2.19. The van der Waals surface area contributed by atoms with Crippen LogP contribution in [0.1, 0.15) is 12.8 Å². The van der Waals surface area contributed by atoms with Crippen molar-refractivity contribution in [3.63, 3.8) is 0 Å². The highest BCUT2D eigenvalue weighted by Gasteiger charge is 2.18. The highest BCUT2D eigenvalue weighted by atomic mass is 16.5. The van der Waals surface area contributed by atoms with E-state index >= 15 is 0 Å². The zero-order valence-corrected chi connectivity index (χ0v) is 10.4. The minimum absolute atomic E-state index is 0.277. The predicted octanol–water partition coefficient (Wildman–Crippen LogP) is 1.63. The number of benzene rings is 1. The normalized spacial score (nSPS) is 21.5. The van der Waals surface area contributed by atoms with Gasteiger partial charge in [-0.3, -0.25) is 4.90 Å². The minimum Gasteiger partial charge on any atom is -0.439 e. The van der Waals surface area contributed by atoms with Crippen LogP contribution < -0.4 is 5.73 Å². The number of nitrogens with two attached hydrogens (primary N) is 1. The second-order valence-electron chi connectivity index (χ2n) is 4.75. The van der Waals surface area contributed by atoms with Crippen molar-refractivity contribution in [3.8, 4) is 0 Å². The van der Waals surface area contributed by atoms with Crippen molar-refractivity contribution in [1.82, 2.24) is 9.88 Å². The number of hydrogen-bond acceptors (Lipinski definition) is 5. The van der Waals surface area contributed by atoms with Gasteiger partial charge >= 0.3 is 0 Å². The summed E-state index contributed by atoms with van der Waals surface area (Å²) < 4.78 is 11.2. The lowest BCUT2D eigenvalue weighted by atomic mass is 10.3. The molecule has 1 fully saturated rings. The van der Waals surface area contributed by atoms with Crippen molar-refractivity contribution in [2.45, 2.75) is 19.6 Å². The first-order valence-corrected chi connectivity index (χ1v) is 6.19. The van der Waals surface area contributed by atoms with Gasteiger partial charge in [-0.15, -0.1) is 0 Å². The van der Waals surface area contributed by atoms with Gasteiger partial charge in [0.15, 0.2) is 5.58 Å². The fourth-order valence-corrected chi connectivity index (χ4v) is 2.28. The molecule has 0 spiro atoms. The van der Waals surface area contributed by atoms with E-state index in [-0.39, 0.29) is 6.10 Å². The Hall–Kier alpha value is -1.59. The van der Waals surface area contributed by atoms with Gasteiger partial charge in [0.05, 0.1) is 19.3 Å². The Kier molecular flexibility index (Phi) is 2.93. The molecular formula is C13H17N3O2. The summed E-state index contributed by atoms with van der Waals surface area (Å²) in [4.78, 5) is 6.76. The zero-order valence-electron chi connectivity index (χ0n) is 10.4. The molecule has 1 saturated heterocycles. The molecular weight excluding hydrogens is 230 g/mol. The SMILES string of the molecule is CC1CN(Cc2nc3ccc(N)cc3o2)CCO1. The highest BCUT2D eigenvalue weighted by molar-refractivity contribution is 5.76. The number of rotatable bonds is 2. The van der Waals surface area contributed by atoms with Crippen molar-refractivity contribution in [2.24, 2.45) is 0 Å². The number of nitrogens with zero attached hydrogens (tertiary/aromatic N) is 2. The number of ether oxygens (including phenoxy) is 1. The Morgan fingerprint density at radius 2 is 2.39 bits per heavy atom. The smallest absolute Gasteiger partial charge is 0.209 e. The molecule has 96 valence electrons. The summed E-state index contributed by atoms with van der Waals surface area (Å²) in [7, 11) is 0. The molecule has 2 heterocycles. The summed E-state index contributed by atoms with van der Waals surface area (Å²) >= 11 is 0. The van der Waals surface area contributed by atoms with E-state index in [1.165, 1.54) is 0 Å². The fourth-order valence-electron chi connectivity index (χ4n) is 2.28. The van der Waals surface area contributed by atoms with Crippen LogP contribution in [-0.2, 0) is 11.3 Å². The Bertz CT molecular complexity index is 552. The van der Waals surface area contributed by atoms with E-state index in [9.17, 15) is 0 Å². The van der Waals surface area contributed by atoms with Crippen LogP contribution in [0.15, 0.2) is 22.6 Å². The largest absolute Gasteiger partial charge is 0.439 e. The average Bonchev–Trinajstić information content (AvgIpc) is 2.70. The second-order valence-corrected chi connectivity index (χ2v) is 4.75. The quantitative estimate of drug-likeness (QED) is 0.817. The summed E-state index contributed by atoms with van der Waals surface area (Å²) in [5.74, 6) is 0.740. The van der Waals surface area contributed by atoms with Crippen LogP contribution in [-0.4, -0.2) is 35.7 Å². The van der Waals surface area contributed by atoms with Crippen molar-refractivity contribution in [2.75, 3.05) is 25.4 Å². The molecule has 1 aromatic heterocycles. The first-order valence-electron chi connectivity index (χ1n) is 6.19. The molecule has 2 N–H and O–H groups in total. The number of nitrogen functional groups attached to an aromatic ring is 1. The fraction of sp³-hybridized carbons (Fsp3) is 0.462. The van der Waals surface area contributed by atoms with E-state index in [1.807, 2.05) is 18.2 Å². The summed E-state index contributed by atoms with van der Waals surface area (Å²) in [5, 5.41) is 0. The third-order valence-electron chi connectivity index (χ3n) is 3.14. The molecule has 2 aromatic rings. The predicted molar refractivity (Wildman–Crippen MR) is 69.1 cm³/mol. The molecule has 1 unspecified atom stereocenters. The van der Waals surface area contributed by atoms with E-state index in [2.05, 4.69) is 16.8 Å². The summed E-state index contributed by atoms with van der Waals surface area (Å²) in [5.41, 5.74) is 8.04.